The Bertz CT molecular complexity index is 1250. The largest absolute Gasteiger partial charge is 0.352 e. The lowest BCUT2D eigenvalue weighted by Gasteiger charge is -2.34. The molecule has 0 saturated carbocycles. The first-order valence-corrected chi connectivity index (χ1v) is 14.2. The zero-order chi connectivity index (χ0) is 26.8. The summed E-state index contributed by atoms with van der Waals surface area (Å²) in [5.74, 6) is -0.730. The van der Waals surface area contributed by atoms with E-state index in [4.69, 9.17) is 0 Å². The number of hydrogen-bond donors (Lipinski definition) is 1. The number of carbonyl (C=O) groups is 2. The third kappa shape index (κ3) is 8.18. The molecule has 0 fully saturated rings. The van der Waals surface area contributed by atoms with Gasteiger partial charge in [-0.15, -0.1) is 0 Å². The summed E-state index contributed by atoms with van der Waals surface area (Å²) in [6.07, 6.45) is 2.12. The van der Waals surface area contributed by atoms with E-state index in [9.17, 15) is 18.0 Å². The maximum Gasteiger partial charge on any atom is 0.244 e. The van der Waals surface area contributed by atoms with Gasteiger partial charge in [-0.05, 0) is 36.6 Å². The zero-order valence-corrected chi connectivity index (χ0v) is 22.4. The Morgan fingerprint density at radius 3 is 1.86 bits per heavy atom. The molecular formula is C29H35N3O4S. The second kappa shape index (κ2) is 13.1. The van der Waals surface area contributed by atoms with Crippen LogP contribution in [0.15, 0.2) is 91.0 Å². The third-order valence-corrected chi connectivity index (χ3v) is 7.33. The molecule has 2 amide bonds. The van der Waals surface area contributed by atoms with Gasteiger partial charge in [0.15, 0.2) is 0 Å². The van der Waals surface area contributed by atoms with Crippen molar-refractivity contribution in [1.29, 1.82) is 0 Å². The Morgan fingerprint density at radius 2 is 1.35 bits per heavy atom. The van der Waals surface area contributed by atoms with Crippen molar-refractivity contribution < 1.29 is 18.0 Å². The van der Waals surface area contributed by atoms with Crippen LogP contribution >= 0.6 is 0 Å². The molecule has 0 heterocycles. The molecule has 0 spiro atoms. The second-order valence-corrected chi connectivity index (χ2v) is 11.0. The second-order valence-electron chi connectivity index (χ2n) is 9.14. The summed E-state index contributed by atoms with van der Waals surface area (Å²) >= 11 is 0. The number of rotatable bonds is 12. The predicted molar refractivity (Wildman–Crippen MR) is 147 cm³/mol. The summed E-state index contributed by atoms with van der Waals surface area (Å²) in [5.41, 5.74) is 2.14. The molecule has 0 aliphatic carbocycles. The molecule has 0 bridgehead atoms. The number of carbonyl (C=O) groups excluding carboxylic acids is 2. The van der Waals surface area contributed by atoms with E-state index >= 15 is 0 Å². The minimum Gasteiger partial charge on any atom is -0.352 e. The van der Waals surface area contributed by atoms with Crippen molar-refractivity contribution in [2.45, 2.75) is 45.3 Å². The monoisotopic (exact) mass is 521 g/mol. The Hall–Kier alpha value is -3.65. The van der Waals surface area contributed by atoms with Crippen molar-refractivity contribution in [2.75, 3.05) is 17.1 Å². The van der Waals surface area contributed by atoms with E-state index in [1.807, 2.05) is 74.5 Å². The van der Waals surface area contributed by atoms with Crippen LogP contribution in [0.3, 0.4) is 0 Å². The van der Waals surface area contributed by atoms with Crippen LogP contribution in [0.4, 0.5) is 5.69 Å². The van der Waals surface area contributed by atoms with E-state index < -0.39 is 28.5 Å². The number of anilines is 1. The topological polar surface area (TPSA) is 86.8 Å². The Balaban J connectivity index is 2.02. The number of nitrogens with zero attached hydrogens (tertiary/aromatic N) is 2. The predicted octanol–water partition coefficient (Wildman–Crippen LogP) is 4.01. The van der Waals surface area contributed by atoms with E-state index in [2.05, 4.69) is 5.32 Å². The van der Waals surface area contributed by atoms with Crippen LogP contribution in [-0.2, 0) is 32.6 Å². The smallest absolute Gasteiger partial charge is 0.244 e. The van der Waals surface area contributed by atoms with Crippen LogP contribution in [0, 0.1) is 0 Å². The fourth-order valence-electron chi connectivity index (χ4n) is 3.98. The summed E-state index contributed by atoms with van der Waals surface area (Å²) in [4.78, 5) is 29.0. The van der Waals surface area contributed by atoms with Gasteiger partial charge in [0.1, 0.15) is 12.6 Å². The summed E-state index contributed by atoms with van der Waals surface area (Å²) in [6.45, 7) is 3.64. The minimum atomic E-state index is -3.76. The molecule has 196 valence electrons. The molecule has 0 saturated heterocycles. The number of amides is 2. The maximum atomic E-state index is 13.9. The van der Waals surface area contributed by atoms with E-state index in [-0.39, 0.29) is 18.5 Å². The van der Waals surface area contributed by atoms with E-state index in [0.29, 0.717) is 12.1 Å². The molecule has 3 aromatic carbocycles. The molecule has 0 aliphatic heterocycles. The number of hydrogen-bond acceptors (Lipinski definition) is 4. The molecular weight excluding hydrogens is 486 g/mol. The summed E-state index contributed by atoms with van der Waals surface area (Å²) in [7, 11) is -3.76. The first-order chi connectivity index (χ1) is 17.7. The van der Waals surface area contributed by atoms with Gasteiger partial charge >= 0.3 is 0 Å². The zero-order valence-electron chi connectivity index (χ0n) is 21.6. The molecule has 3 aromatic rings. The Kier molecular flexibility index (Phi) is 9.85. The van der Waals surface area contributed by atoms with Gasteiger partial charge in [-0.25, -0.2) is 8.42 Å². The molecule has 8 heteroatoms. The van der Waals surface area contributed by atoms with Crippen LogP contribution in [-0.4, -0.2) is 50.0 Å². The lowest BCUT2D eigenvalue weighted by Crippen LogP contribution is -2.54. The third-order valence-electron chi connectivity index (χ3n) is 6.19. The molecule has 0 radical (unpaired) electrons. The highest BCUT2D eigenvalue weighted by Gasteiger charge is 2.33. The normalized spacial score (nSPS) is 12.8. The number of benzene rings is 3. The molecule has 0 aliphatic rings. The van der Waals surface area contributed by atoms with Gasteiger partial charge < -0.3 is 10.2 Å². The fourth-order valence-corrected chi connectivity index (χ4v) is 4.83. The molecule has 3 rings (SSSR count). The van der Waals surface area contributed by atoms with Crippen molar-refractivity contribution in [2.24, 2.45) is 0 Å². The number of para-hydroxylation sites is 1. The lowest BCUT2D eigenvalue weighted by atomic mass is 10.0. The molecule has 2 atom stereocenters. The molecule has 7 nitrogen and oxygen atoms in total. The highest BCUT2D eigenvalue weighted by molar-refractivity contribution is 7.92. The van der Waals surface area contributed by atoms with Crippen molar-refractivity contribution in [3.05, 3.63) is 102 Å². The molecule has 1 N–H and O–H groups in total. The van der Waals surface area contributed by atoms with Crippen molar-refractivity contribution in [3.63, 3.8) is 0 Å². The summed E-state index contributed by atoms with van der Waals surface area (Å²) in [6, 6.07) is 26.5. The van der Waals surface area contributed by atoms with Gasteiger partial charge in [0.05, 0.1) is 11.9 Å². The van der Waals surface area contributed by atoms with E-state index in [1.54, 1.807) is 30.3 Å². The molecule has 0 unspecified atom stereocenters. The Morgan fingerprint density at radius 1 is 0.838 bits per heavy atom. The Labute approximate surface area is 220 Å². The summed E-state index contributed by atoms with van der Waals surface area (Å²) < 4.78 is 26.5. The first-order valence-electron chi connectivity index (χ1n) is 12.4. The average molecular weight is 522 g/mol. The van der Waals surface area contributed by atoms with Gasteiger partial charge in [0, 0.05) is 19.0 Å². The SMILES string of the molecule is CC[C@H](C)NC(=O)[C@@H](Cc1ccccc1)N(Cc1ccccc1)C(=O)CN(c1ccccc1)S(C)(=O)=O. The van der Waals surface area contributed by atoms with Gasteiger partial charge in [0.2, 0.25) is 21.8 Å². The van der Waals surface area contributed by atoms with Crippen LogP contribution < -0.4 is 9.62 Å². The highest BCUT2D eigenvalue weighted by atomic mass is 32.2. The van der Waals surface area contributed by atoms with Gasteiger partial charge in [-0.1, -0.05) is 85.8 Å². The molecule has 37 heavy (non-hydrogen) atoms. The first kappa shape index (κ1) is 27.9. The van der Waals surface area contributed by atoms with Crippen LogP contribution in [0.25, 0.3) is 0 Å². The van der Waals surface area contributed by atoms with E-state index in [1.165, 1.54) is 4.90 Å². The highest BCUT2D eigenvalue weighted by Crippen LogP contribution is 2.20. The van der Waals surface area contributed by atoms with Gasteiger partial charge in [0.25, 0.3) is 0 Å². The average Bonchev–Trinajstić information content (AvgIpc) is 2.90. The van der Waals surface area contributed by atoms with Crippen LogP contribution in [0.1, 0.15) is 31.4 Å². The van der Waals surface area contributed by atoms with Crippen LogP contribution in [0.2, 0.25) is 0 Å². The fraction of sp³-hybridized carbons (Fsp3) is 0.310. The van der Waals surface area contributed by atoms with Crippen molar-refractivity contribution in [3.8, 4) is 0 Å². The standard InChI is InChI=1S/C29H35N3O4S/c1-4-23(2)30-29(34)27(20-24-14-8-5-9-15-24)31(21-25-16-10-6-11-17-25)28(33)22-32(37(3,35)36)26-18-12-7-13-19-26/h5-19,23,27H,4,20-22H2,1-3H3,(H,30,34)/t23-,27+/m0/s1. The maximum absolute atomic E-state index is 13.9. The van der Waals surface area contributed by atoms with Crippen molar-refractivity contribution >= 4 is 27.5 Å². The van der Waals surface area contributed by atoms with Gasteiger partial charge in [-0.2, -0.15) is 0 Å². The van der Waals surface area contributed by atoms with E-state index in [0.717, 1.165) is 28.1 Å². The van der Waals surface area contributed by atoms with Gasteiger partial charge in [-0.3, -0.25) is 13.9 Å². The number of nitrogens with one attached hydrogen (secondary N) is 1. The molecule has 0 aromatic heterocycles. The van der Waals surface area contributed by atoms with Crippen molar-refractivity contribution in [1.82, 2.24) is 10.2 Å². The number of sulfonamides is 1. The quantitative estimate of drug-likeness (QED) is 0.390. The van der Waals surface area contributed by atoms with Crippen LogP contribution in [0.5, 0.6) is 0 Å². The minimum absolute atomic E-state index is 0.0729. The lowest BCUT2D eigenvalue weighted by molar-refractivity contribution is -0.140. The summed E-state index contributed by atoms with van der Waals surface area (Å²) in [5, 5.41) is 3.02.